The third kappa shape index (κ3) is 5.08. The number of rotatable bonds is 6. The summed E-state index contributed by atoms with van der Waals surface area (Å²) in [6.07, 6.45) is 5.43. The number of likely N-dealkylation sites (N-methyl/N-ethyl adjacent to an activating group) is 1. The summed E-state index contributed by atoms with van der Waals surface area (Å²) < 4.78 is 5.82. The Balaban J connectivity index is 1.77. The molecule has 0 aromatic heterocycles. The second kappa shape index (κ2) is 8.71. The molecule has 3 heteroatoms. The van der Waals surface area contributed by atoms with Gasteiger partial charge >= 0.3 is 0 Å². The normalized spacial score (nSPS) is 15.0. The van der Waals surface area contributed by atoms with Gasteiger partial charge in [0.05, 0.1) is 0 Å². The van der Waals surface area contributed by atoms with Crippen molar-refractivity contribution < 1.29 is 9.84 Å². The number of hydrogen-bond donors (Lipinski definition) is 1. The quantitative estimate of drug-likeness (QED) is 0.817. The van der Waals surface area contributed by atoms with E-state index in [1.807, 2.05) is 24.3 Å². The topological polar surface area (TPSA) is 32.7 Å². The first-order valence-corrected chi connectivity index (χ1v) is 7.90. The number of benzene rings is 1. The monoisotopic (exact) mass is 287 g/mol. The van der Waals surface area contributed by atoms with Gasteiger partial charge in [0.15, 0.2) is 0 Å². The first kappa shape index (κ1) is 15.9. The fourth-order valence-corrected chi connectivity index (χ4v) is 2.93. The summed E-state index contributed by atoms with van der Waals surface area (Å²) in [5.41, 5.74) is 0.901. The van der Waals surface area contributed by atoms with Crippen LogP contribution in [0.3, 0.4) is 0 Å². The molecule has 1 aromatic rings. The van der Waals surface area contributed by atoms with Gasteiger partial charge in [0.1, 0.15) is 19.0 Å². The standard InChI is InChI=1S/C18H25NO2/c1-2-19(17-7-3-4-8-17)13-15-21-18-11-9-16(10-12-18)6-5-14-20/h9-12,17,20H,2-4,7-8,13-15H2,1H3. The minimum atomic E-state index is -0.105. The summed E-state index contributed by atoms with van der Waals surface area (Å²) in [6.45, 7) is 4.95. The molecule has 0 spiro atoms. The van der Waals surface area contributed by atoms with Gasteiger partial charge in [-0.1, -0.05) is 31.6 Å². The molecule has 0 bridgehead atoms. The summed E-state index contributed by atoms with van der Waals surface area (Å²) in [5.74, 6) is 6.40. The molecule has 0 atom stereocenters. The average molecular weight is 287 g/mol. The Morgan fingerprint density at radius 2 is 1.95 bits per heavy atom. The van der Waals surface area contributed by atoms with Gasteiger partial charge < -0.3 is 9.84 Å². The minimum absolute atomic E-state index is 0.105. The molecule has 3 nitrogen and oxygen atoms in total. The molecule has 1 N–H and O–H groups in total. The molecule has 1 fully saturated rings. The molecule has 1 aromatic carbocycles. The van der Waals surface area contributed by atoms with Crippen LogP contribution in [-0.2, 0) is 0 Å². The summed E-state index contributed by atoms with van der Waals surface area (Å²) in [4.78, 5) is 2.54. The van der Waals surface area contributed by atoms with Crippen molar-refractivity contribution in [1.29, 1.82) is 0 Å². The second-order valence-corrected chi connectivity index (χ2v) is 5.40. The molecule has 2 rings (SSSR count). The van der Waals surface area contributed by atoms with E-state index in [1.165, 1.54) is 25.7 Å². The van der Waals surface area contributed by atoms with E-state index in [0.29, 0.717) is 0 Å². The van der Waals surface area contributed by atoms with E-state index < -0.39 is 0 Å². The molecule has 0 heterocycles. The number of ether oxygens (including phenoxy) is 1. The molecular formula is C18H25NO2. The number of hydrogen-bond acceptors (Lipinski definition) is 3. The van der Waals surface area contributed by atoms with Gasteiger partial charge in [-0.2, -0.15) is 0 Å². The van der Waals surface area contributed by atoms with Crippen molar-refractivity contribution in [2.45, 2.75) is 38.6 Å². The highest BCUT2D eigenvalue weighted by atomic mass is 16.5. The lowest BCUT2D eigenvalue weighted by Gasteiger charge is -2.27. The molecule has 114 valence electrons. The predicted molar refractivity (Wildman–Crippen MR) is 85.4 cm³/mol. The van der Waals surface area contributed by atoms with Crippen LogP contribution in [-0.4, -0.2) is 42.4 Å². The highest BCUT2D eigenvalue weighted by molar-refractivity contribution is 5.38. The molecule has 0 unspecified atom stereocenters. The lowest BCUT2D eigenvalue weighted by Crippen LogP contribution is -2.36. The van der Waals surface area contributed by atoms with Crippen LogP contribution < -0.4 is 4.74 Å². The molecule has 1 aliphatic rings. The van der Waals surface area contributed by atoms with Gasteiger partial charge in [0.2, 0.25) is 0 Å². The largest absolute Gasteiger partial charge is 0.492 e. The zero-order valence-electron chi connectivity index (χ0n) is 12.8. The third-order valence-electron chi connectivity index (χ3n) is 4.06. The molecule has 1 aliphatic carbocycles. The summed E-state index contributed by atoms with van der Waals surface area (Å²) >= 11 is 0. The maximum absolute atomic E-state index is 8.66. The Morgan fingerprint density at radius 3 is 2.57 bits per heavy atom. The fraction of sp³-hybridized carbons (Fsp3) is 0.556. The minimum Gasteiger partial charge on any atom is -0.492 e. The predicted octanol–water partition coefficient (Wildman–Crippen LogP) is 2.67. The smallest absolute Gasteiger partial charge is 0.119 e. The molecule has 0 radical (unpaired) electrons. The van der Waals surface area contributed by atoms with Crippen molar-refractivity contribution in [2.75, 3.05) is 26.3 Å². The zero-order valence-corrected chi connectivity index (χ0v) is 12.8. The van der Waals surface area contributed by atoms with E-state index in [-0.39, 0.29) is 6.61 Å². The van der Waals surface area contributed by atoms with Crippen molar-refractivity contribution in [3.63, 3.8) is 0 Å². The van der Waals surface area contributed by atoms with Gasteiger partial charge in [-0.15, -0.1) is 0 Å². The summed E-state index contributed by atoms with van der Waals surface area (Å²) in [5, 5.41) is 8.66. The van der Waals surface area contributed by atoms with E-state index in [9.17, 15) is 0 Å². The number of nitrogens with zero attached hydrogens (tertiary/aromatic N) is 1. The van der Waals surface area contributed by atoms with Crippen LogP contribution >= 0.6 is 0 Å². The van der Waals surface area contributed by atoms with Crippen LogP contribution in [0.25, 0.3) is 0 Å². The van der Waals surface area contributed by atoms with Crippen molar-refractivity contribution in [3.05, 3.63) is 29.8 Å². The number of aliphatic hydroxyl groups is 1. The zero-order chi connectivity index (χ0) is 14.9. The Kier molecular flexibility index (Phi) is 6.59. The first-order valence-electron chi connectivity index (χ1n) is 7.90. The molecular weight excluding hydrogens is 262 g/mol. The van der Waals surface area contributed by atoms with E-state index in [0.717, 1.165) is 37.1 Å². The first-order chi connectivity index (χ1) is 10.3. The van der Waals surface area contributed by atoms with Gasteiger partial charge in [-0.3, -0.25) is 4.90 Å². The van der Waals surface area contributed by atoms with E-state index in [4.69, 9.17) is 9.84 Å². The van der Waals surface area contributed by atoms with Crippen LogP contribution in [0, 0.1) is 11.8 Å². The third-order valence-corrected chi connectivity index (χ3v) is 4.06. The van der Waals surface area contributed by atoms with Crippen LogP contribution in [0.2, 0.25) is 0 Å². The molecule has 0 amide bonds. The fourth-order valence-electron chi connectivity index (χ4n) is 2.93. The van der Waals surface area contributed by atoms with E-state index in [2.05, 4.69) is 23.7 Å². The number of aliphatic hydroxyl groups excluding tert-OH is 1. The summed E-state index contributed by atoms with van der Waals surface area (Å²) in [6, 6.07) is 8.48. The van der Waals surface area contributed by atoms with Crippen LogP contribution in [0.15, 0.2) is 24.3 Å². The van der Waals surface area contributed by atoms with Gasteiger partial charge in [0.25, 0.3) is 0 Å². The molecule has 0 aliphatic heterocycles. The van der Waals surface area contributed by atoms with E-state index in [1.54, 1.807) is 0 Å². The Bertz CT molecular complexity index is 466. The highest BCUT2D eigenvalue weighted by Gasteiger charge is 2.20. The molecule has 1 saturated carbocycles. The maximum atomic E-state index is 8.66. The van der Waals surface area contributed by atoms with Crippen molar-refractivity contribution in [3.8, 4) is 17.6 Å². The van der Waals surface area contributed by atoms with Gasteiger partial charge in [-0.05, 0) is 43.7 Å². The van der Waals surface area contributed by atoms with Gasteiger partial charge in [0, 0.05) is 18.2 Å². The Labute approximate surface area is 127 Å². The van der Waals surface area contributed by atoms with Crippen molar-refractivity contribution >= 4 is 0 Å². The highest BCUT2D eigenvalue weighted by Crippen LogP contribution is 2.23. The Morgan fingerprint density at radius 1 is 1.24 bits per heavy atom. The van der Waals surface area contributed by atoms with Crippen LogP contribution in [0.1, 0.15) is 38.2 Å². The SMILES string of the molecule is CCN(CCOc1ccc(C#CCO)cc1)C1CCCC1. The van der Waals surface area contributed by atoms with Crippen LogP contribution in [0.4, 0.5) is 0 Å². The lowest BCUT2D eigenvalue weighted by atomic mass is 10.2. The molecule has 0 saturated heterocycles. The van der Waals surface area contributed by atoms with Crippen LogP contribution in [0.5, 0.6) is 5.75 Å². The Hall–Kier alpha value is -1.50. The summed E-state index contributed by atoms with van der Waals surface area (Å²) in [7, 11) is 0. The van der Waals surface area contributed by atoms with Crippen molar-refractivity contribution in [1.82, 2.24) is 4.90 Å². The van der Waals surface area contributed by atoms with Crippen molar-refractivity contribution in [2.24, 2.45) is 0 Å². The van der Waals surface area contributed by atoms with Gasteiger partial charge in [-0.25, -0.2) is 0 Å². The second-order valence-electron chi connectivity index (χ2n) is 5.40. The average Bonchev–Trinajstić information content (AvgIpc) is 3.05. The van der Waals surface area contributed by atoms with E-state index >= 15 is 0 Å². The maximum Gasteiger partial charge on any atom is 0.119 e. The lowest BCUT2D eigenvalue weighted by molar-refractivity contribution is 0.168. The molecule has 21 heavy (non-hydrogen) atoms.